The van der Waals surface area contributed by atoms with Gasteiger partial charge in [0.15, 0.2) is 4.80 Å². The van der Waals surface area contributed by atoms with Crippen molar-refractivity contribution in [3.63, 3.8) is 0 Å². The summed E-state index contributed by atoms with van der Waals surface area (Å²) in [7, 11) is 2.00. The van der Waals surface area contributed by atoms with Crippen molar-refractivity contribution in [3.8, 4) is 0 Å². The Hall–Kier alpha value is -1.94. The third-order valence-electron chi connectivity index (χ3n) is 4.86. The molecule has 1 aliphatic rings. The molecule has 0 unspecified atom stereocenters. The molecule has 1 saturated carbocycles. The maximum absolute atomic E-state index is 12.5. The Labute approximate surface area is 139 Å². The first-order valence-corrected chi connectivity index (χ1v) is 9.11. The fourth-order valence-electron chi connectivity index (χ4n) is 3.50. The van der Waals surface area contributed by atoms with E-state index in [1.807, 2.05) is 11.6 Å². The van der Waals surface area contributed by atoms with E-state index in [0.29, 0.717) is 0 Å². The number of carbonyl (C=O) groups is 1. The van der Waals surface area contributed by atoms with Crippen LogP contribution in [0.2, 0.25) is 0 Å². The standard InChI is InChI=1S/C19H20N2OS/c1-21-16-12-11-13-7-5-6-10-15(13)17(16)23-19(21)20-18(22)14-8-3-2-4-9-14/h5-7,10-12,14H,2-4,8-9H2,1H3. The molecule has 1 amide bonds. The molecule has 1 fully saturated rings. The van der Waals surface area contributed by atoms with E-state index in [1.165, 1.54) is 21.9 Å². The molecular formula is C19H20N2OS. The molecule has 4 heteroatoms. The number of hydrogen-bond donors (Lipinski definition) is 0. The molecule has 0 N–H and O–H groups in total. The van der Waals surface area contributed by atoms with Crippen molar-refractivity contribution in [2.75, 3.05) is 0 Å². The Bertz CT molecular complexity index is 945. The largest absolute Gasteiger partial charge is 0.319 e. The number of aryl methyl sites for hydroxylation is 1. The molecule has 1 heterocycles. The second kappa shape index (κ2) is 5.93. The van der Waals surface area contributed by atoms with Crippen LogP contribution in [-0.4, -0.2) is 10.5 Å². The summed E-state index contributed by atoms with van der Waals surface area (Å²) in [5, 5.41) is 2.46. The molecule has 1 aromatic heterocycles. The van der Waals surface area contributed by atoms with E-state index in [1.54, 1.807) is 11.3 Å². The topological polar surface area (TPSA) is 34.4 Å². The molecule has 0 saturated heterocycles. The summed E-state index contributed by atoms with van der Waals surface area (Å²) >= 11 is 1.62. The van der Waals surface area contributed by atoms with Gasteiger partial charge in [-0.3, -0.25) is 4.79 Å². The molecule has 2 aromatic carbocycles. The van der Waals surface area contributed by atoms with E-state index in [9.17, 15) is 4.79 Å². The Kier molecular flexibility index (Phi) is 3.77. The van der Waals surface area contributed by atoms with Gasteiger partial charge >= 0.3 is 0 Å². The van der Waals surface area contributed by atoms with Crippen LogP contribution in [0.3, 0.4) is 0 Å². The number of hydrogen-bond acceptors (Lipinski definition) is 2. The summed E-state index contributed by atoms with van der Waals surface area (Å²) in [6.07, 6.45) is 5.58. The van der Waals surface area contributed by atoms with Crippen molar-refractivity contribution in [2.24, 2.45) is 18.0 Å². The quantitative estimate of drug-likeness (QED) is 0.653. The molecule has 3 nitrogen and oxygen atoms in total. The van der Waals surface area contributed by atoms with Crippen LogP contribution >= 0.6 is 11.3 Å². The molecule has 3 aromatic rings. The van der Waals surface area contributed by atoms with Crippen molar-refractivity contribution < 1.29 is 4.79 Å². The molecule has 0 atom stereocenters. The zero-order valence-electron chi connectivity index (χ0n) is 13.3. The summed E-state index contributed by atoms with van der Waals surface area (Å²) in [5.74, 6) is 0.196. The first kappa shape index (κ1) is 14.6. The second-order valence-corrected chi connectivity index (χ2v) is 7.34. The predicted octanol–water partition coefficient (Wildman–Crippen LogP) is 4.40. The van der Waals surface area contributed by atoms with Gasteiger partial charge in [-0.1, -0.05) is 60.9 Å². The summed E-state index contributed by atoms with van der Waals surface area (Å²) in [6, 6.07) is 12.6. The van der Waals surface area contributed by atoms with E-state index in [0.717, 1.165) is 36.0 Å². The highest BCUT2D eigenvalue weighted by Crippen LogP contribution is 2.28. The van der Waals surface area contributed by atoms with Crippen LogP contribution in [0, 0.1) is 5.92 Å². The van der Waals surface area contributed by atoms with Crippen LogP contribution in [0.4, 0.5) is 0 Å². The van der Waals surface area contributed by atoms with Crippen LogP contribution in [0.15, 0.2) is 41.4 Å². The third-order valence-corrected chi connectivity index (χ3v) is 6.04. The van der Waals surface area contributed by atoms with Crippen molar-refractivity contribution in [1.82, 2.24) is 4.57 Å². The van der Waals surface area contributed by atoms with Gasteiger partial charge in [0.05, 0.1) is 10.2 Å². The fourth-order valence-corrected chi connectivity index (χ4v) is 4.66. The van der Waals surface area contributed by atoms with E-state index in [2.05, 4.69) is 41.4 Å². The highest BCUT2D eigenvalue weighted by atomic mass is 32.1. The van der Waals surface area contributed by atoms with Gasteiger partial charge in [0.1, 0.15) is 0 Å². The molecular weight excluding hydrogens is 304 g/mol. The van der Waals surface area contributed by atoms with E-state index < -0.39 is 0 Å². The average molecular weight is 324 g/mol. The van der Waals surface area contributed by atoms with Crippen molar-refractivity contribution in [3.05, 3.63) is 41.2 Å². The van der Waals surface area contributed by atoms with Gasteiger partial charge in [0.25, 0.3) is 5.91 Å². The van der Waals surface area contributed by atoms with Crippen LogP contribution in [0.1, 0.15) is 32.1 Å². The SMILES string of the molecule is Cn1c(=NC(=O)C2CCCCC2)sc2c3ccccc3ccc21. The highest BCUT2D eigenvalue weighted by molar-refractivity contribution is 7.17. The summed E-state index contributed by atoms with van der Waals surface area (Å²) in [5.41, 5.74) is 1.14. The van der Waals surface area contributed by atoms with E-state index >= 15 is 0 Å². The maximum Gasteiger partial charge on any atom is 0.251 e. The summed E-state index contributed by atoms with van der Waals surface area (Å²) in [6.45, 7) is 0. The minimum atomic E-state index is 0.0659. The lowest BCUT2D eigenvalue weighted by molar-refractivity contribution is -0.122. The lowest BCUT2D eigenvalue weighted by atomic mass is 9.89. The normalized spacial score (nSPS) is 17.2. The molecule has 23 heavy (non-hydrogen) atoms. The zero-order valence-corrected chi connectivity index (χ0v) is 14.1. The van der Waals surface area contributed by atoms with Crippen LogP contribution < -0.4 is 4.80 Å². The number of amides is 1. The number of nitrogens with zero attached hydrogens (tertiary/aromatic N) is 2. The molecule has 4 rings (SSSR count). The van der Waals surface area contributed by atoms with E-state index in [-0.39, 0.29) is 11.8 Å². The highest BCUT2D eigenvalue weighted by Gasteiger charge is 2.20. The Morgan fingerprint density at radius 1 is 1.13 bits per heavy atom. The molecule has 0 aliphatic heterocycles. The lowest BCUT2D eigenvalue weighted by Gasteiger charge is -2.17. The van der Waals surface area contributed by atoms with Crippen molar-refractivity contribution in [2.45, 2.75) is 32.1 Å². The number of thiazole rings is 1. The van der Waals surface area contributed by atoms with E-state index in [4.69, 9.17) is 0 Å². The molecule has 118 valence electrons. The van der Waals surface area contributed by atoms with Gasteiger partial charge in [-0.25, -0.2) is 0 Å². The lowest BCUT2D eigenvalue weighted by Crippen LogP contribution is -2.20. The Morgan fingerprint density at radius 3 is 2.74 bits per heavy atom. The number of fused-ring (bicyclic) bond motifs is 3. The summed E-state index contributed by atoms with van der Waals surface area (Å²) in [4.78, 5) is 17.8. The van der Waals surface area contributed by atoms with Gasteiger partial charge in [0.2, 0.25) is 0 Å². The predicted molar refractivity (Wildman–Crippen MR) is 95.4 cm³/mol. The monoisotopic (exact) mass is 324 g/mol. The Morgan fingerprint density at radius 2 is 1.91 bits per heavy atom. The first-order chi connectivity index (χ1) is 11.2. The minimum Gasteiger partial charge on any atom is -0.319 e. The minimum absolute atomic E-state index is 0.0659. The number of rotatable bonds is 1. The number of benzene rings is 2. The van der Waals surface area contributed by atoms with Gasteiger partial charge < -0.3 is 4.57 Å². The fraction of sp³-hybridized carbons (Fsp3) is 0.368. The average Bonchev–Trinajstić information content (AvgIpc) is 2.92. The molecule has 0 radical (unpaired) electrons. The molecule has 1 aliphatic carbocycles. The third kappa shape index (κ3) is 2.61. The molecule has 0 bridgehead atoms. The van der Waals surface area contributed by atoms with Crippen molar-refractivity contribution >= 4 is 38.2 Å². The van der Waals surface area contributed by atoms with Crippen LogP contribution in [0.5, 0.6) is 0 Å². The Balaban J connectivity index is 1.84. The van der Waals surface area contributed by atoms with Crippen LogP contribution in [-0.2, 0) is 11.8 Å². The van der Waals surface area contributed by atoms with Gasteiger partial charge in [-0.05, 0) is 24.3 Å². The smallest absolute Gasteiger partial charge is 0.251 e. The van der Waals surface area contributed by atoms with Gasteiger partial charge in [0, 0.05) is 18.4 Å². The van der Waals surface area contributed by atoms with Crippen LogP contribution in [0.25, 0.3) is 21.0 Å². The molecule has 0 spiro atoms. The van der Waals surface area contributed by atoms with Gasteiger partial charge in [-0.2, -0.15) is 4.99 Å². The second-order valence-electron chi connectivity index (χ2n) is 6.36. The number of carbonyl (C=O) groups excluding carboxylic acids is 1. The zero-order chi connectivity index (χ0) is 15.8. The maximum atomic E-state index is 12.5. The summed E-state index contributed by atoms with van der Waals surface area (Å²) < 4.78 is 3.26. The number of aromatic nitrogens is 1. The van der Waals surface area contributed by atoms with Crippen molar-refractivity contribution in [1.29, 1.82) is 0 Å². The van der Waals surface area contributed by atoms with Gasteiger partial charge in [-0.15, -0.1) is 0 Å². The first-order valence-electron chi connectivity index (χ1n) is 8.30.